The van der Waals surface area contributed by atoms with Crippen molar-refractivity contribution in [3.05, 3.63) is 60.2 Å². The first-order valence-corrected chi connectivity index (χ1v) is 10.8. The number of anilines is 1. The van der Waals surface area contributed by atoms with Crippen molar-refractivity contribution in [1.29, 1.82) is 0 Å². The van der Waals surface area contributed by atoms with Crippen LogP contribution in [0.2, 0.25) is 0 Å². The quantitative estimate of drug-likeness (QED) is 0.530. The van der Waals surface area contributed by atoms with Crippen LogP contribution in [0.4, 0.5) is 11.4 Å². The number of rotatable bonds is 4. The van der Waals surface area contributed by atoms with E-state index >= 15 is 0 Å². The van der Waals surface area contributed by atoms with Crippen molar-refractivity contribution >= 4 is 28.4 Å². The smallest absolute Gasteiger partial charge is 0.146 e. The highest BCUT2D eigenvalue weighted by atomic mass is 16.5. The monoisotopic (exact) mass is 416 g/mol. The number of hydrogen-bond acceptors (Lipinski definition) is 4. The van der Waals surface area contributed by atoms with E-state index < -0.39 is 0 Å². The third-order valence-electron chi connectivity index (χ3n) is 5.96. The van der Waals surface area contributed by atoms with Gasteiger partial charge in [-0.05, 0) is 40.6 Å². The maximum absolute atomic E-state index is 9.93. The zero-order valence-electron chi connectivity index (χ0n) is 19.3. The molecule has 1 heterocycles. The molecule has 0 spiro atoms. The molecule has 0 aliphatic carbocycles. The minimum absolute atomic E-state index is 0.195. The van der Waals surface area contributed by atoms with Crippen LogP contribution in [0.3, 0.4) is 0 Å². The topological polar surface area (TPSA) is 45.1 Å². The number of ether oxygens (including phenoxy) is 1. The molecule has 0 bridgehead atoms. The largest absolute Gasteiger partial charge is 0.508 e. The van der Waals surface area contributed by atoms with Gasteiger partial charge in [0.15, 0.2) is 0 Å². The van der Waals surface area contributed by atoms with E-state index in [4.69, 9.17) is 9.73 Å². The van der Waals surface area contributed by atoms with E-state index in [1.165, 1.54) is 11.3 Å². The van der Waals surface area contributed by atoms with Gasteiger partial charge in [0.25, 0.3) is 0 Å². The fourth-order valence-corrected chi connectivity index (χ4v) is 4.44. The first kappa shape index (κ1) is 21.2. The third kappa shape index (κ3) is 4.12. The Balaban J connectivity index is 1.70. The summed E-state index contributed by atoms with van der Waals surface area (Å²) in [6.07, 6.45) is 1.70. The molecule has 4 rings (SSSR count). The van der Waals surface area contributed by atoms with Gasteiger partial charge in [0, 0.05) is 36.3 Å². The van der Waals surface area contributed by atoms with Gasteiger partial charge in [-0.2, -0.15) is 0 Å². The lowest BCUT2D eigenvalue weighted by Gasteiger charge is -2.38. The molecule has 0 saturated heterocycles. The summed E-state index contributed by atoms with van der Waals surface area (Å²) in [7, 11) is 2.16. The fourth-order valence-electron chi connectivity index (χ4n) is 4.44. The van der Waals surface area contributed by atoms with Gasteiger partial charge < -0.3 is 14.7 Å². The van der Waals surface area contributed by atoms with Crippen molar-refractivity contribution in [2.75, 3.05) is 18.5 Å². The van der Waals surface area contributed by atoms with Crippen LogP contribution in [-0.2, 0) is 5.41 Å². The maximum Gasteiger partial charge on any atom is 0.146 e. The second-order valence-corrected chi connectivity index (χ2v) is 10.3. The Morgan fingerprint density at radius 3 is 2.45 bits per heavy atom. The average Bonchev–Trinajstić information content (AvgIpc) is 2.72. The van der Waals surface area contributed by atoms with Crippen LogP contribution in [0, 0.1) is 5.41 Å². The van der Waals surface area contributed by atoms with Crippen molar-refractivity contribution in [2.24, 2.45) is 10.4 Å². The standard InChI is InChI=1S/C27H32N2O2/c1-26(2,3)17-29(6)22-10-8-7-9-21(22)27(4,5)24-16-28-25-20-15-19(30)13-11-18(20)12-14-23(25)31-24/h7-16,24,30H,17H2,1-6H3. The van der Waals surface area contributed by atoms with E-state index in [2.05, 4.69) is 70.8 Å². The summed E-state index contributed by atoms with van der Waals surface area (Å²) < 4.78 is 6.49. The number of benzene rings is 3. The molecule has 0 saturated carbocycles. The molecule has 3 aromatic carbocycles. The Hall–Kier alpha value is -3.01. The second kappa shape index (κ2) is 7.60. The summed E-state index contributed by atoms with van der Waals surface area (Å²) in [5.74, 6) is 0.980. The lowest BCUT2D eigenvalue weighted by molar-refractivity contribution is 0.188. The molecule has 31 heavy (non-hydrogen) atoms. The van der Waals surface area contributed by atoms with Crippen LogP contribution in [-0.4, -0.2) is 31.0 Å². The van der Waals surface area contributed by atoms with Crippen LogP contribution in [0.25, 0.3) is 10.8 Å². The Kier molecular flexibility index (Phi) is 5.20. The number of aliphatic imine (C=N–C) groups is 1. The molecule has 1 N–H and O–H groups in total. The van der Waals surface area contributed by atoms with Crippen molar-refractivity contribution in [3.8, 4) is 11.5 Å². The number of aromatic hydroxyl groups is 1. The van der Waals surface area contributed by atoms with Crippen LogP contribution in [0.1, 0.15) is 40.2 Å². The van der Waals surface area contributed by atoms with Crippen molar-refractivity contribution in [2.45, 2.75) is 46.1 Å². The normalized spacial score (nSPS) is 16.1. The molecule has 4 nitrogen and oxygen atoms in total. The molecule has 4 heteroatoms. The Morgan fingerprint density at radius 2 is 1.71 bits per heavy atom. The molecule has 3 aromatic rings. The van der Waals surface area contributed by atoms with Crippen LogP contribution < -0.4 is 9.64 Å². The Morgan fingerprint density at radius 1 is 1.00 bits per heavy atom. The molecule has 1 unspecified atom stereocenters. The van der Waals surface area contributed by atoms with E-state index in [1.807, 2.05) is 24.4 Å². The SMILES string of the molecule is CN(CC(C)(C)C)c1ccccc1C(C)(C)C1C=Nc2c(ccc3ccc(O)cc23)O1. The Labute approximate surface area is 185 Å². The van der Waals surface area contributed by atoms with Gasteiger partial charge in [0.05, 0.1) is 0 Å². The van der Waals surface area contributed by atoms with Crippen molar-refractivity contribution < 1.29 is 9.84 Å². The third-order valence-corrected chi connectivity index (χ3v) is 5.96. The summed E-state index contributed by atoms with van der Waals surface area (Å²) in [5.41, 5.74) is 3.13. The van der Waals surface area contributed by atoms with Gasteiger partial charge in [-0.15, -0.1) is 0 Å². The second-order valence-electron chi connectivity index (χ2n) is 10.3. The highest BCUT2D eigenvalue weighted by Gasteiger charge is 2.37. The van der Waals surface area contributed by atoms with E-state index in [-0.39, 0.29) is 22.7 Å². The number of fused-ring (bicyclic) bond motifs is 3. The van der Waals surface area contributed by atoms with E-state index in [0.717, 1.165) is 28.8 Å². The van der Waals surface area contributed by atoms with Gasteiger partial charge in [-0.3, -0.25) is 4.99 Å². The van der Waals surface area contributed by atoms with E-state index in [0.29, 0.717) is 0 Å². The zero-order chi connectivity index (χ0) is 22.4. The highest BCUT2D eigenvalue weighted by Crippen LogP contribution is 2.43. The molecular formula is C27H32N2O2. The minimum Gasteiger partial charge on any atom is -0.508 e. The summed E-state index contributed by atoms with van der Waals surface area (Å²) >= 11 is 0. The lowest BCUT2D eigenvalue weighted by atomic mass is 9.78. The molecule has 1 aliphatic rings. The van der Waals surface area contributed by atoms with E-state index in [9.17, 15) is 5.11 Å². The van der Waals surface area contributed by atoms with Crippen molar-refractivity contribution in [3.63, 3.8) is 0 Å². The van der Waals surface area contributed by atoms with Crippen molar-refractivity contribution in [1.82, 2.24) is 0 Å². The van der Waals surface area contributed by atoms with E-state index in [1.54, 1.807) is 12.1 Å². The zero-order valence-corrected chi connectivity index (χ0v) is 19.3. The molecule has 162 valence electrons. The number of nitrogens with zero attached hydrogens (tertiary/aromatic N) is 2. The van der Waals surface area contributed by atoms with Gasteiger partial charge in [0.1, 0.15) is 23.3 Å². The van der Waals surface area contributed by atoms with Gasteiger partial charge in [-0.1, -0.05) is 65.0 Å². The molecule has 1 atom stereocenters. The number of phenolic OH excluding ortho intramolecular Hbond substituents is 1. The summed E-state index contributed by atoms with van der Waals surface area (Å²) in [6, 6.07) is 17.9. The van der Waals surface area contributed by atoms with Crippen LogP contribution in [0.5, 0.6) is 11.5 Å². The molecule has 0 amide bonds. The fraction of sp³-hybridized carbons (Fsp3) is 0.370. The van der Waals surface area contributed by atoms with Gasteiger partial charge in [0.2, 0.25) is 0 Å². The summed E-state index contributed by atoms with van der Waals surface area (Å²) in [6.45, 7) is 12.2. The molecule has 0 radical (unpaired) electrons. The molecule has 1 aliphatic heterocycles. The van der Waals surface area contributed by atoms with Gasteiger partial charge >= 0.3 is 0 Å². The van der Waals surface area contributed by atoms with Gasteiger partial charge in [-0.25, -0.2) is 0 Å². The maximum atomic E-state index is 9.93. The first-order chi connectivity index (χ1) is 14.6. The predicted octanol–water partition coefficient (Wildman–Crippen LogP) is 6.47. The minimum atomic E-state index is -0.294. The first-order valence-electron chi connectivity index (χ1n) is 10.8. The van der Waals surface area contributed by atoms with Crippen LogP contribution in [0.15, 0.2) is 59.6 Å². The average molecular weight is 417 g/mol. The van der Waals surface area contributed by atoms with Crippen LogP contribution >= 0.6 is 0 Å². The highest BCUT2D eigenvalue weighted by molar-refractivity contribution is 5.98. The molecular weight excluding hydrogens is 384 g/mol. The molecule has 0 aromatic heterocycles. The lowest BCUT2D eigenvalue weighted by Crippen LogP contribution is -2.42. The number of phenols is 1. The molecule has 0 fully saturated rings. The number of hydrogen-bond donors (Lipinski definition) is 1. The number of para-hydroxylation sites is 1. The summed E-state index contributed by atoms with van der Waals surface area (Å²) in [4.78, 5) is 7.13. The Bertz CT molecular complexity index is 1140. The predicted molar refractivity (Wildman–Crippen MR) is 130 cm³/mol. The summed E-state index contributed by atoms with van der Waals surface area (Å²) in [5, 5.41) is 11.9.